The van der Waals surface area contributed by atoms with E-state index in [4.69, 9.17) is 28.3 Å². The van der Waals surface area contributed by atoms with Gasteiger partial charge in [-0.1, -0.05) is 23.2 Å². The molecule has 0 aliphatic carbocycles. The highest BCUT2D eigenvalue weighted by Crippen LogP contribution is 2.29. The fraction of sp³-hybridized carbons (Fsp3) is 0.300. The number of aliphatic hydroxyl groups excluding tert-OH is 1. The van der Waals surface area contributed by atoms with Crippen LogP contribution in [0.25, 0.3) is 0 Å². The molecule has 0 fully saturated rings. The lowest BCUT2D eigenvalue weighted by molar-refractivity contribution is 0.0921. The van der Waals surface area contributed by atoms with E-state index in [2.05, 4.69) is 5.32 Å². The number of halogens is 2. The van der Waals surface area contributed by atoms with Crippen LogP contribution in [0.4, 0.5) is 0 Å². The molecule has 3 N–H and O–H groups in total. The predicted octanol–water partition coefficient (Wildman–Crippen LogP) is 1.81. The van der Waals surface area contributed by atoms with Gasteiger partial charge < -0.3 is 15.5 Å². The minimum atomic E-state index is -0.669. The van der Waals surface area contributed by atoms with Crippen LogP contribution in [-0.2, 0) is 0 Å². The van der Waals surface area contributed by atoms with Crippen LogP contribution in [0.1, 0.15) is 17.3 Å². The molecule has 0 heterocycles. The maximum absolute atomic E-state index is 11.6. The Hall–Kier alpha value is -0.970. The summed E-state index contributed by atoms with van der Waals surface area (Å²) in [5.41, 5.74) is -0.0493. The SMILES string of the molecule is CC(O)CNC(=O)c1c(O)cc(Cl)cc1Cl. The van der Waals surface area contributed by atoms with Gasteiger partial charge in [0.1, 0.15) is 5.75 Å². The molecule has 1 aromatic carbocycles. The number of benzene rings is 1. The number of rotatable bonds is 3. The van der Waals surface area contributed by atoms with Gasteiger partial charge in [-0.3, -0.25) is 4.79 Å². The van der Waals surface area contributed by atoms with E-state index in [0.717, 1.165) is 0 Å². The molecule has 1 aromatic rings. The molecular weight excluding hydrogens is 253 g/mol. The van der Waals surface area contributed by atoms with Crippen LogP contribution in [0.15, 0.2) is 12.1 Å². The fourth-order valence-corrected chi connectivity index (χ4v) is 1.68. The van der Waals surface area contributed by atoms with Crippen LogP contribution in [0, 0.1) is 0 Å². The maximum atomic E-state index is 11.6. The summed E-state index contributed by atoms with van der Waals surface area (Å²) < 4.78 is 0. The lowest BCUT2D eigenvalue weighted by atomic mass is 10.2. The average Bonchev–Trinajstić information content (AvgIpc) is 2.12. The number of phenols is 1. The van der Waals surface area contributed by atoms with Gasteiger partial charge in [-0.05, 0) is 19.1 Å². The van der Waals surface area contributed by atoms with Crippen molar-refractivity contribution in [2.45, 2.75) is 13.0 Å². The van der Waals surface area contributed by atoms with E-state index in [0.29, 0.717) is 0 Å². The Morgan fingerprint density at radius 1 is 1.50 bits per heavy atom. The van der Waals surface area contributed by atoms with Gasteiger partial charge in [0.2, 0.25) is 0 Å². The van der Waals surface area contributed by atoms with E-state index < -0.39 is 12.0 Å². The van der Waals surface area contributed by atoms with E-state index in [9.17, 15) is 9.90 Å². The van der Waals surface area contributed by atoms with Crippen molar-refractivity contribution in [3.8, 4) is 5.75 Å². The Bertz CT molecular complexity index is 384. The topological polar surface area (TPSA) is 69.6 Å². The number of hydrogen-bond acceptors (Lipinski definition) is 3. The van der Waals surface area contributed by atoms with Gasteiger partial charge in [0.05, 0.1) is 16.7 Å². The Balaban J connectivity index is 2.91. The van der Waals surface area contributed by atoms with Crippen LogP contribution < -0.4 is 5.32 Å². The number of nitrogens with one attached hydrogen (secondary N) is 1. The predicted molar refractivity (Wildman–Crippen MR) is 62.1 cm³/mol. The van der Waals surface area contributed by atoms with Crippen molar-refractivity contribution in [1.29, 1.82) is 0 Å². The first-order valence-corrected chi connectivity index (χ1v) is 5.31. The summed E-state index contributed by atoms with van der Waals surface area (Å²) in [5, 5.41) is 21.2. The fourth-order valence-electron chi connectivity index (χ4n) is 1.11. The van der Waals surface area contributed by atoms with Gasteiger partial charge in [0.15, 0.2) is 0 Å². The highest BCUT2D eigenvalue weighted by atomic mass is 35.5. The summed E-state index contributed by atoms with van der Waals surface area (Å²) in [6, 6.07) is 2.59. The third-order valence-electron chi connectivity index (χ3n) is 1.82. The van der Waals surface area contributed by atoms with Crippen molar-refractivity contribution in [3.63, 3.8) is 0 Å². The van der Waals surface area contributed by atoms with Crippen LogP contribution >= 0.6 is 23.2 Å². The number of carbonyl (C=O) groups is 1. The molecule has 0 aromatic heterocycles. The summed E-state index contributed by atoms with van der Waals surface area (Å²) in [7, 11) is 0. The van der Waals surface area contributed by atoms with Crippen molar-refractivity contribution in [2.24, 2.45) is 0 Å². The van der Waals surface area contributed by atoms with Crippen molar-refractivity contribution in [1.82, 2.24) is 5.32 Å². The second-order valence-electron chi connectivity index (χ2n) is 3.34. The van der Waals surface area contributed by atoms with E-state index >= 15 is 0 Å². The third kappa shape index (κ3) is 3.27. The monoisotopic (exact) mass is 263 g/mol. The largest absolute Gasteiger partial charge is 0.507 e. The average molecular weight is 264 g/mol. The number of aliphatic hydroxyl groups is 1. The van der Waals surface area contributed by atoms with Crippen molar-refractivity contribution in [3.05, 3.63) is 27.7 Å². The molecule has 0 spiro atoms. The summed E-state index contributed by atoms with van der Waals surface area (Å²) in [4.78, 5) is 11.6. The summed E-state index contributed by atoms with van der Waals surface area (Å²) in [6.07, 6.45) is -0.669. The van der Waals surface area contributed by atoms with Crippen LogP contribution in [0.5, 0.6) is 5.75 Å². The summed E-state index contributed by atoms with van der Waals surface area (Å²) in [5.74, 6) is -0.847. The Morgan fingerprint density at radius 2 is 2.12 bits per heavy atom. The van der Waals surface area contributed by atoms with Gasteiger partial charge in [-0.15, -0.1) is 0 Å². The molecule has 1 amide bonds. The van der Waals surface area contributed by atoms with Crippen molar-refractivity contribution < 1.29 is 15.0 Å². The molecule has 0 saturated heterocycles. The molecule has 1 rings (SSSR count). The van der Waals surface area contributed by atoms with Crippen LogP contribution in [-0.4, -0.2) is 28.8 Å². The zero-order valence-corrected chi connectivity index (χ0v) is 10.0. The van der Waals surface area contributed by atoms with E-state index in [-0.39, 0.29) is 27.9 Å². The van der Waals surface area contributed by atoms with Gasteiger partial charge >= 0.3 is 0 Å². The first-order chi connectivity index (χ1) is 7.41. The zero-order valence-electron chi connectivity index (χ0n) is 8.50. The smallest absolute Gasteiger partial charge is 0.256 e. The molecule has 88 valence electrons. The van der Waals surface area contributed by atoms with Gasteiger partial charge in [0.25, 0.3) is 5.91 Å². The number of amides is 1. The summed E-state index contributed by atoms with van der Waals surface area (Å²) >= 11 is 11.4. The molecule has 0 bridgehead atoms. The molecule has 1 unspecified atom stereocenters. The second-order valence-corrected chi connectivity index (χ2v) is 4.18. The lowest BCUT2D eigenvalue weighted by Gasteiger charge is -2.10. The highest BCUT2D eigenvalue weighted by molar-refractivity contribution is 6.37. The molecule has 0 saturated carbocycles. The molecule has 16 heavy (non-hydrogen) atoms. The first-order valence-electron chi connectivity index (χ1n) is 4.56. The number of hydrogen-bond donors (Lipinski definition) is 3. The van der Waals surface area contributed by atoms with Crippen molar-refractivity contribution in [2.75, 3.05) is 6.54 Å². The van der Waals surface area contributed by atoms with Gasteiger partial charge in [-0.25, -0.2) is 0 Å². The Labute approximate surface area is 103 Å². The van der Waals surface area contributed by atoms with Gasteiger partial charge in [-0.2, -0.15) is 0 Å². The van der Waals surface area contributed by atoms with Crippen molar-refractivity contribution >= 4 is 29.1 Å². The Kier molecular flexibility index (Phi) is 4.41. The molecule has 4 nitrogen and oxygen atoms in total. The number of phenolic OH excluding ortho intramolecular Hbond substituents is 1. The minimum absolute atomic E-state index is 0.0493. The highest BCUT2D eigenvalue weighted by Gasteiger charge is 2.16. The Morgan fingerprint density at radius 3 is 2.62 bits per heavy atom. The third-order valence-corrected chi connectivity index (χ3v) is 2.34. The summed E-state index contributed by atoms with van der Waals surface area (Å²) in [6.45, 7) is 1.61. The van der Waals surface area contributed by atoms with E-state index in [1.54, 1.807) is 0 Å². The van der Waals surface area contributed by atoms with E-state index in [1.165, 1.54) is 19.1 Å². The molecular formula is C10H11Cl2NO3. The first kappa shape index (κ1) is 13.1. The quantitative estimate of drug-likeness (QED) is 0.779. The molecule has 0 aliphatic heterocycles. The number of aromatic hydroxyl groups is 1. The number of carbonyl (C=O) groups excluding carboxylic acids is 1. The maximum Gasteiger partial charge on any atom is 0.256 e. The van der Waals surface area contributed by atoms with E-state index in [1.807, 2.05) is 0 Å². The van der Waals surface area contributed by atoms with Crippen LogP contribution in [0.3, 0.4) is 0 Å². The molecule has 1 atom stereocenters. The lowest BCUT2D eigenvalue weighted by Crippen LogP contribution is -2.30. The molecule has 0 aliphatic rings. The molecule has 6 heteroatoms. The normalized spacial score (nSPS) is 12.2. The minimum Gasteiger partial charge on any atom is -0.507 e. The zero-order chi connectivity index (χ0) is 12.3. The van der Waals surface area contributed by atoms with Gasteiger partial charge in [0, 0.05) is 11.6 Å². The second kappa shape index (κ2) is 5.39. The standard InChI is InChI=1S/C10H11Cl2NO3/c1-5(14)4-13-10(16)9-7(12)2-6(11)3-8(9)15/h2-3,5,14-15H,4H2,1H3,(H,13,16). The molecule has 0 radical (unpaired) electrons. The van der Waals surface area contributed by atoms with Crippen LogP contribution in [0.2, 0.25) is 10.0 Å².